The lowest BCUT2D eigenvalue weighted by atomic mass is 9.75. The molecule has 1 aromatic carbocycles. The molecule has 0 spiro atoms. The van der Waals surface area contributed by atoms with Crippen molar-refractivity contribution in [3.05, 3.63) is 34.9 Å². The largest absolute Gasteiger partial charge is 0.373 e. The molecule has 2 saturated carbocycles. The summed E-state index contributed by atoms with van der Waals surface area (Å²) in [5.41, 5.74) is 3.88. The highest BCUT2D eigenvalue weighted by atomic mass is 16.5. The number of nitrogens with two attached hydrogens (primary N) is 1. The van der Waals surface area contributed by atoms with Crippen molar-refractivity contribution in [2.75, 3.05) is 13.2 Å². The van der Waals surface area contributed by atoms with Gasteiger partial charge in [0.05, 0.1) is 18.8 Å². The number of benzene rings is 1. The fourth-order valence-electron chi connectivity index (χ4n) is 3.61. The standard InChI is InChI=1S/C20H23N3O/c1-14-8-16(5-4-15-2-3-15)6-7-18(14)19(23-21)11-22-13-20-9-17(10-20)12-24-20/h6-8,11,15,17H,2-3,9-10,12-13,21H2,1H3/b22-11?,23-19+. The van der Waals surface area contributed by atoms with E-state index in [0.29, 0.717) is 18.2 Å². The fraction of sp³-hybridized carbons (Fsp3) is 0.500. The van der Waals surface area contributed by atoms with Gasteiger partial charge in [-0.1, -0.05) is 17.9 Å². The van der Waals surface area contributed by atoms with E-state index in [-0.39, 0.29) is 5.60 Å². The highest BCUT2D eigenvalue weighted by Gasteiger charge is 2.51. The van der Waals surface area contributed by atoms with Crippen molar-refractivity contribution in [2.45, 2.75) is 38.2 Å². The normalized spacial score (nSPS) is 28.5. The molecule has 1 aromatic rings. The summed E-state index contributed by atoms with van der Waals surface area (Å²) >= 11 is 0. The third-order valence-electron chi connectivity index (χ3n) is 5.18. The predicted molar refractivity (Wildman–Crippen MR) is 96.3 cm³/mol. The van der Waals surface area contributed by atoms with Gasteiger partial charge in [-0.15, -0.1) is 0 Å². The Morgan fingerprint density at radius 1 is 1.42 bits per heavy atom. The van der Waals surface area contributed by atoms with Crippen LogP contribution in [0.25, 0.3) is 0 Å². The van der Waals surface area contributed by atoms with Gasteiger partial charge in [-0.25, -0.2) is 0 Å². The molecule has 2 aliphatic heterocycles. The summed E-state index contributed by atoms with van der Waals surface area (Å²) in [6.07, 6.45) is 6.56. The summed E-state index contributed by atoms with van der Waals surface area (Å²) in [6, 6.07) is 6.17. The summed E-state index contributed by atoms with van der Waals surface area (Å²) in [5.74, 6) is 13.5. The number of ether oxygens (including phenoxy) is 1. The zero-order chi connectivity index (χ0) is 16.6. The van der Waals surface area contributed by atoms with Crippen molar-refractivity contribution < 1.29 is 4.74 Å². The molecule has 0 atom stereocenters. The fourth-order valence-corrected chi connectivity index (χ4v) is 3.61. The first-order valence-electron chi connectivity index (χ1n) is 8.72. The molecule has 4 heteroatoms. The zero-order valence-electron chi connectivity index (χ0n) is 14.1. The highest BCUT2D eigenvalue weighted by Crippen LogP contribution is 2.48. The molecule has 0 unspecified atom stereocenters. The number of hydrogen-bond acceptors (Lipinski definition) is 4. The molecule has 124 valence electrons. The molecule has 2 bridgehead atoms. The maximum absolute atomic E-state index is 5.83. The van der Waals surface area contributed by atoms with Crippen LogP contribution in [0.1, 0.15) is 42.4 Å². The van der Waals surface area contributed by atoms with Gasteiger partial charge in [-0.05, 0) is 56.2 Å². The molecule has 0 radical (unpaired) electrons. The summed E-state index contributed by atoms with van der Waals surface area (Å²) in [4.78, 5) is 4.55. The van der Waals surface area contributed by atoms with E-state index in [1.807, 2.05) is 12.1 Å². The molecule has 2 heterocycles. The van der Waals surface area contributed by atoms with E-state index >= 15 is 0 Å². The summed E-state index contributed by atoms with van der Waals surface area (Å²) < 4.78 is 5.83. The molecule has 4 aliphatic rings. The van der Waals surface area contributed by atoms with Crippen molar-refractivity contribution in [1.29, 1.82) is 0 Å². The van der Waals surface area contributed by atoms with Crippen molar-refractivity contribution in [1.82, 2.24) is 0 Å². The first-order valence-corrected chi connectivity index (χ1v) is 8.72. The van der Waals surface area contributed by atoms with E-state index in [2.05, 4.69) is 34.9 Å². The van der Waals surface area contributed by atoms with E-state index < -0.39 is 0 Å². The minimum absolute atomic E-state index is 0.00181. The van der Waals surface area contributed by atoms with Crippen LogP contribution in [0, 0.1) is 30.6 Å². The van der Waals surface area contributed by atoms with Gasteiger partial charge in [0.15, 0.2) is 0 Å². The smallest absolute Gasteiger partial charge is 0.108 e. The van der Waals surface area contributed by atoms with E-state index in [1.165, 1.54) is 12.8 Å². The third kappa shape index (κ3) is 3.09. The lowest BCUT2D eigenvalue weighted by Crippen LogP contribution is -2.39. The maximum Gasteiger partial charge on any atom is 0.108 e. The Bertz CT molecular complexity index is 753. The zero-order valence-corrected chi connectivity index (χ0v) is 14.1. The molecule has 24 heavy (non-hydrogen) atoms. The minimum atomic E-state index is -0.00181. The van der Waals surface area contributed by atoms with E-state index in [4.69, 9.17) is 10.6 Å². The molecule has 4 nitrogen and oxygen atoms in total. The molecule has 5 rings (SSSR count). The Morgan fingerprint density at radius 3 is 2.88 bits per heavy atom. The van der Waals surface area contributed by atoms with E-state index in [9.17, 15) is 0 Å². The number of aliphatic imine (C=N–C) groups is 1. The second-order valence-corrected chi connectivity index (χ2v) is 7.33. The average Bonchev–Trinajstić information content (AvgIpc) is 3.17. The number of nitrogens with zero attached hydrogens (tertiary/aromatic N) is 2. The Labute approximate surface area is 143 Å². The van der Waals surface area contributed by atoms with Gasteiger partial charge in [0.1, 0.15) is 5.71 Å². The average molecular weight is 321 g/mol. The van der Waals surface area contributed by atoms with Gasteiger partial charge in [0.2, 0.25) is 0 Å². The highest BCUT2D eigenvalue weighted by molar-refractivity contribution is 6.38. The predicted octanol–water partition coefficient (Wildman–Crippen LogP) is 2.67. The van der Waals surface area contributed by atoms with Crippen molar-refractivity contribution in [3.8, 4) is 11.8 Å². The topological polar surface area (TPSA) is 60.0 Å². The van der Waals surface area contributed by atoms with E-state index in [1.54, 1.807) is 6.21 Å². The number of hydrogen-bond donors (Lipinski definition) is 1. The monoisotopic (exact) mass is 321 g/mol. The second kappa shape index (κ2) is 6.07. The lowest BCUT2D eigenvalue weighted by Gasteiger charge is -2.34. The summed E-state index contributed by atoms with van der Waals surface area (Å²) in [5, 5.41) is 3.92. The van der Waals surface area contributed by atoms with Crippen molar-refractivity contribution in [3.63, 3.8) is 0 Å². The van der Waals surface area contributed by atoms with Gasteiger partial charge in [-0.2, -0.15) is 5.10 Å². The van der Waals surface area contributed by atoms with Crippen LogP contribution >= 0.6 is 0 Å². The first kappa shape index (κ1) is 15.4. The minimum Gasteiger partial charge on any atom is -0.373 e. The quantitative estimate of drug-likeness (QED) is 0.401. The SMILES string of the molecule is Cc1cc(C#CC2CC2)ccc1/C(C=NCC12CC(CO1)C2)=N/N. The number of hydrazone groups is 1. The lowest BCUT2D eigenvalue weighted by molar-refractivity contribution is 0.0112. The Kier molecular flexibility index (Phi) is 3.90. The van der Waals surface area contributed by atoms with Crippen LogP contribution in [0.2, 0.25) is 0 Å². The molecular formula is C20H23N3O. The van der Waals surface area contributed by atoms with E-state index in [0.717, 1.165) is 42.1 Å². The Morgan fingerprint density at radius 2 is 2.25 bits per heavy atom. The van der Waals surface area contributed by atoms with Crippen LogP contribution in [0.15, 0.2) is 28.3 Å². The van der Waals surface area contributed by atoms with Crippen LogP contribution in [0.3, 0.4) is 0 Å². The Balaban J connectivity index is 1.45. The second-order valence-electron chi connectivity index (χ2n) is 7.33. The molecule has 4 fully saturated rings. The first-order chi connectivity index (χ1) is 11.7. The van der Waals surface area contributed by atoms with Gasteiger partial charge >= 0.3 is 0 Å². The summed E-state index contributed by atoms with van der Waals surface area (Å²) in [6.45, 7) is 3.66. The third-order valence-corrected chi connectivity index (χ3v) is 5.18. The molecular weight excluding hydrogens is 298 g/mol. The van der Waals surface area contributed by atoms with Crippen LogP contribution < -0.4 is 5.84 Å². The molecule has 2 aliphatic carbocycles. The van der Waals surface area contributed by atoms with Crippen LogP contribution in [0.5, 0.6) is 0 Å². The maximum atomic E-state index is 5.83. The van der Waals surface area contributed by atoms with Crippen LogP contribution in [0.4, 0.5) is 0 Å². The van der Waals surface area contributed by atoms with Gasteiger partial charge in [0.25, 0.3) is 0 Å². The molecule has 2 N–H and O–H groups in total. The molecule has 0 aromatic heterocycles. The van der Waals surface area contributed by atoms with Crippen LogP contribution in [-0.4, -0.2) is 30.7 Å². The number of aryl methyl sites for hydroxylation is 1. The van der Waals surface area contributed by atoms with Crippen molar-refractivity contribution in [2.24, 2.45) is 27.8 Å². The summed E-state index contributed by atoms with van der Waals surface area (Å²) in [7, 11) is 0. The van der Waals surface area contributed by atoms with Crippen LogP contribution in [-0.2, 0) is 4.74 Å². The van der Waals surface area contributed by atoms with Gasteiger partial charge in [-0.3, -0.25) is 4.99 Å². The number of fused-ring (bicyclic) bond motifs is 1. The molecule has 2 saturated heterocycles. The molecule has 0 amide bonds. The Hall–Kier alpha value is -2.12. The van der Waals surface area contributed by atoms with Gasteiger partial charge in [0, 0.05) is 23.3 Å². The van der Waals surface area contributed by atoms with Crippen molar-refractivity contribution >= 4 is 11.9 Å². The van der Waals surface area contributed by atoms with Gasteiger partial charge < -0.3 is 10.6 Å². The number of rotatable bonds is 4.